The zero-order chi connectivity index (χ0) is 9.10. The summed E-state index contributed by atoms with van der Waals surface area (Å²) >= 11 is 1.52. The molecule has 2 aromatic heterocycles. The van der Waals surface area contributed by atoms with Crippen LogP contribution in [-0.4, -0.2) is 10.1 Å². The first-order valence-electron chi connectivity index (χ1n) is 3.78. The van der Waals surface area contributed by atoms with Crippen molar-refractivity contribution in [1.29, 1.82) is 0 Å². The second-order valence-corrected chi connectivity index (χ2v) is 3.42. The second-order valence-electron chi connectivity index (χ2n) is 2.49. The van der Waals surface area contributed by atoms with E-state index in [2.05, 4.69) is 10.1 Å². The molecule has 0 aliphatic heterocycles. The highest BCUT2D eigenvalue weighted by Crippen LogP contribution is 2.21. The van der Waals surface area contributed by atoms with E-state index in [1.54, 1.807) is 18.7 Å². The van der Waals surface area contributed by atoms with Crippen LogP contribution >= 0.6 is 11.8 Å². The summed E-state index contributed by atoms with van der Waals surface area (Å²) in [5.41, 5.74) is 1.07. The van der Waals surface area contributed by atoms with Crippen LogP contribution in [0.3, 0.4) is 0 Å². The van der Waals surface area contributed by atoms with E-state index in [0.717, 1.165) is 17.1 Å². The summed E-state index contributed by atoms with van der Waals surface area (Å²) in [5, 5.41) is 4.35. The van der Waals surface area contributed by atoms with Crippen LogP contribution < -0.4 is 0 Å². The third-order valence-electron chi connectivity index (χ3n) is 1.61. The van der Waals surface area contributed by atoms with E-state index in [4.69, 9.17) is 8.94 Å². The number of thioether (sulfide) groups is 1. The summed E-state index contributed by atoms with van der Waals surface area (Å²) in [5.74, 6) is 1.62. The number of rotatable bonds is 3. The average Bonchev–Trinajstić information content (AvgIpc) is 2.72. The van der Waals surface area contributed by atoms with E-state index < -0.39 is 0 Å². The molecule has 5 heteroatoms. The number of hydrogen-bond donors (Lipinski definition) is 0. The first-order chi connectivity index (χ1) is 6.36. The lowest BCUT2D eigenvalue weighted by atomic mass is 10.3. The van der Waals surface area contributed by atoms with Crippen LogP contribution in [0.25, 0.3) is 0 Å². The van der Waals surface area contributed by atoms with Crippen molar-refractivity contribution < 1.29 is 8.94 Å². The Hall–Kier alpha value is -1.23. The number of aromatic nitrogens is 2. The van der Waals surface area contributed by atoms with Gasteiger partial charge in [0.05, 0.1) is 12.4 Å². The summed E-state index contributed by atoms with van der Waals surface area (Å²) < 4.78 is 9.99. The molecule has 68 valence electrons. The third-order valence-corrected chi connectivity index (χ3v) is 2.52. The Morgan fingerprint density at radius 2 is 2.46 bits per heavy atom. The molecule has 0 N–H and O–H groups in total. The van der Waals surface area contributed by atoms with Crippen LogP contribution in [0.2, 0.25) is 0 Å². The van der Waals surface area contributed by atoms with Crippen LogP contribution in [0.1, 0.15) is 11.3 Å². The predicted octanol–water partition coefficient (Wildman–Crippen LogP) is 2.26. The van der Waals surface area contributed by atoms with Crippen molar-refractivity contribution in [1.82, 2.24) is 10.1 Å². The van der Waals surface area contributed by atoms with Gasteiger partial charge in [0.1, 0.15) is 12.0 Å². The van der Waals surface area contributed by atoms with Gasteiger partial charge in [0.2, 0.25) is 0 Å². The lowest BCUT2D eigenvalue weighted by molar-refractivity contribution is 0.396. The van der Waals surface area contributed by atoms with E-state index in [-0.39, 0.29) is 0 Å². The van der Waals surface area contributed by atoms with E-state index in [1.165, 1.54) is 11.8 Å². The molecule has 2 rings (SSSR count). The summed E-state index contributed by atoms with van der Waals surface area (Å²) in [6.07, 6.45) is 4.90. The molecule has 0 unspecified atom stereocenters. The molecule has 2 aromatic rings. The van der Waals surface area contributed by atoms with Crippen LogP contribution in [-0.2, 0) is 5.75 Å². The Morgan fingerprint density at radius 3 is 3.08 bits per heavy atom. The topological polar surface area (TPSA) is 52.1 Å². The first kappa shape index (κ1) is 8.37. The lowest BCUT2D eigenvalue weighted by Crippen LogP contribution is -1.79. The first-order valence-corrected chi connectivity index (χ1v) is 4.77. The molecule has 0 radical (unpaired) electrons. The van der Waals surface area contributed by atoms with Gasteiger partial charge in [-0.2, -0.15) is 0 Å². The van der Waals surface area contributed by atoms with Crippen molar-refractivity contribution in [2.24, 2.45) is 0 Å². The highest BCUT2D eigenvalue weighted by atomic mass is 32.2. The van der Waals surface area contributed by atoms with Gasteiger partial charge in [-0.05, 0) is 6.92 Å². The van der Waals surface area contributed by atoms with E-state index >= 15 is 0 Å². The van der Waals surface area contributed by atoms with Crippen LogP contribution in [0.4, 0.5) is 0 Å². The Labute approximate surface area is 79.3 Å². The maximum Gasteiger partial charge on any atom is 0.255 e. The Balaban J connectivity index is 1.97. The van der Waals surface area contributed by atoms with Crippen molar-refractivity contribution in [2.45, 2.75) is 17.9 Å². The van der Waals surface area contributed by atoms with Gasteiger partial charge in [-0.25, -0.2) is 4.98 Å². The summed E-state index contributed by atoms with van der Waals surface area (Å²) in [7, 11) is 0. The Bertz CT molecular complexity index is 369. The molecule has 2 heterocycles. The largest absolute Gasteiger partial charge is 0.440 e. The van der Waals surface area contributed by atoms with Gasteiger partial charge in [-0.15, -0.1) is 0 Å². The second kappa shape index (κ2) is 3.66. The standard InChI is InChI=1S/C8H8N2O2S/c1-6-7(4-10-12-6)5-13-8-9-2-3-11-8/h2-4H,5H2,1H3. The molecule has 0 aliphatic carbocycles. The maximum atomic E-state index is 5.07. The van der Waals surface area contributed by atoms with Crippen molar-refractivity contribution >= 4 is 11.8 Å². The highest BCUT2D eigenvalue weighted by molar-refractivity contribution is 7.98. The quantitative estimate of drug-likeness (QED) is 0.705. The molecule has 0 aliphatic rings. The van der Waals surface area contributed by atoms with Crippen LogP contribution in [0.5, 0.6) is 0 Å². The van der Waals surface area contributed by atoms with Crippen molar-refractivity contribution in [3.63, 3.8) is 0 Å². The molecule has 0 aromatic carbocycles. The summed E-state index contributed by atoms with van der Waals surface area (Å²) in [6, 6.07) is 0. The zero-order valence-electron chi connectivity index (χ0n) is 7.06. The van der Waals surface area contributed by atoms with Gasteiger partial charge < -0.3 is 8.94 Å². The molecule has 0 amide bonds. The van der Waals surface area contributed by atoms with Gasteiger partial charge in [0, 0.05) is 11.3 Å². The van der Waals surface area contributed by atoms with Crippen molar-refractivity contribution in [2.75, 3.05) is 0 Å². The Morgan fingerprint density at radius 1 is 1.54 bits per heavy atom. The Kier molecular flexibility index (Phi) is 2.35. The minimum absolute atomic E-state index is 0.667. The van der Waals surface area contributed by atoms with Crippen molar-refractivity contribution in [3.8, 4) is 0 Å². The van der Waals surface area contributed by atoms with Gasteiger partial charge in [0.25, 0.3) is 5.22 Å². The average molecular weight is 196 g/mol. The number of aryl methyl sites for hydroxylation is 1. The third kappa shape index (κ3) is 1.92. The number of oxazole rings is 1. The minimum atomic E-state index is 0.667. The number of hydrogen-bond acceptors (Lipinski definition) is 5. The molecule has 0 saturated heterocycles. The van der Waals surface area contributed by atoms with Crippen molar-refractivity contribution in [3.05, 3.63) is 30.0 Å². The molecule has 0 fully saturated rings. The van der Waals surface area contributed by atoms with Gasteiger partial charge in [-0.3, -0.25) is 0 Å². The smallest absolute Gasteiger partial charge is 0.255 e. The molecule has 0 spiro atoms. The number of nitrogens with zero attached hydrogens (tertiary/aromatic N) is 2. The fourth-order valence-electron chi connectivity index (χ4n) is 0.879. The van der Waals surface area contributed by atoms with Crippen LogP contribution in [0.15, 0.2) is 32.8 Å². The minimum Gasteiger partial charge on any atom is -0.440 e. The molecule has 4 nitrogen and oxygen atoms in total. The zero-order valence-corrected chi connectivity index (χ0v) is 7.87. The highest BCUT2D eigenvalue weighted by Gasteiger charge is 2.05. The van der Waals surface area contributed by atoms with E-state index in [9.17, 15) is 0 Å². The fourth-order valence-corrected chi connectivity index (χ4v) is 1.69. The van der Waals surface area contributed by atoms with Gasteiger partial charge >= 0.3 is 0 Å². The molecular weight excluding hydrogens is 188 g/mol. The molecule has 0 saturated carbocycles. The van der Waals surface area contributed by atoms with E-state index in [0.29, 0.717) is 5.22 Å². The lowest BCUT2D eigenvalue weighted by Gasteiger charge is -1.92. The van der Waals surface area contributed by atoms with Crippen LogP contribution in [0, 0.1) is 6.92 Å². The molecule has 0 bridgehead atoms. The normalized spacial score (nSPS) is 10.5. The molecule has 13 heavy (non-hydrogen) atoms. The summed E-state index contributed by atoms with van der Waals surface area (Å²) in [6.45, 7) is 1.89. The fraction of sp³-hybridized carbons (Fsp3) is 0.250. The summed E-state index contributed by atoms with van der Waals surface area (Å²) in [4.78, 5) is 3.99. The maximum absolute atomic E-state index is 5.07. The van der Waals surface area contributed by atoms with Gasteiger partial charge in [0.15, 0.2) is 0 Å². The molecular formula is C8H8N2O2S. The molecule has 0 atom stereocenters. The van der Waals surface area contributed by atoms with E-state index in [1.807, 2.05) is 6.92 Å². The SMILES string of the molecule is Cc1oncc1CSc1ncco1. The van der Waals surface area contributed by atoms with Gasteiger partial charge in [-0.1, -0.05) is 16.9 Å². The monoisotopic (exact) mass is 196 g/mol. The predicted molar refractivity (Wildman–Crippen MR) is 47.3 cm³/mol.